The molecule has 0 atom stereocenters. The van der Waals surface area contributed by atoms with Gasteiger partial charge in [-0.15, -0.1) is 0 Å². The maximum atomic E-state index is 12.6. The van der Waals surface area contributed by atoms with Crippen LogP contribution < -0.4 is 10.4 Å². The zero-order valence-corrected chi connectivity index (χ0v) is 17.9. The molecule has 6 heteroatoms. The molecule has 0 aliphatic rings. The molecule has 0 radical (unpaired) electrons. The highest BCUT2D eigenvalue weighted by atomic mass is 16.1. The number of carbonyl (C=O) groups is 1. The number of anilines is 1. The number of rotatable bonds is 8. The fraction of sp³-hybridized carbons (Fsp3) is 0.115. The first-order valence-corrected chi connectivity index (χ1v) is 10.5. The van der Waals surface area contributed by atoms with Crippen LogP contribution in [-0.4, -0.2) is 28.8 Å². The molecule has 3 aromatic carbocycles. The topological polar surface area (TPSA) is 73.4 Å². The summed E-state index contributed by atoms with van der Waals surface area (Å²) in [6.07, 6.45) is 5.77. The zero-order chi connectivity index (χ0) is 22.2. The third kappa shape index (κ3) is 5.56. The molecule has 0 saturated carbocycles. The highest BCUT2D eigenvalue weighted by Gasteiger charge is 2.09. The zero-order valence-electron chi connectivity index (χ0n) is 17.9. The number of hydrogen-bond donors (Lipinski definition) is 2. The number of hydrazine groups is 1. The summed E-state index contributed by atoms with van der Waals surface area (Å²) in [4.78, 5) is 24.0. The first kappa shape index (κ1) is 21.2. The summed E-state index contributed by atoms with van der Waals surface area (Å²) >= 11 is 0. The minimum Gasteiger partial charge on any atom is -0.348 e. The molecule has 0 aliphatic heterocycles. The normalized spacial score (nSPS) is 11.0. The molecule has 32 heavy (non-hydrogen) atoms. The van der Waals surface area contributed by atoms with E-state index >= 15 is 0 Å². The number of aryl methyl sites for hydroxylation is 1. The Bertz CT molecular complexity index is 1190. The lowest BCUT2D eigenvalue weighted by Crippen LogP contribution is -2.38. The summed E-state index contributed by atoms with van der Waals surface area (Å²) in [5.41, 5.74) is 9.07. The van der Waals surface area contributed by atoms with Crippen LogP contribution in [0.3, 0.4) is 0 Å². The van der Waals surface area contributed by atoms with E-state index in [0.29, 0.717) is 12.1 Å². The summed E-state index contributed by atoms with van der Waals surface area (Å²) in [6.45, 7) is 2.60. The van der Waals surface area contributed by atoms with Crippen LogP contribution in [0.15, 0.2) is 96.4 Å². The van der Waals surface area contributed by atoms with Crippen LogP contribution in [0.25, 0.3) is 11.1 Å². The van der Waals surface area contributed by atoms with Crippen molar-refractivity contribution in [3.05, 3.63) is 108 Å². The molecule has 1 heterocycles. The third-order valence-corrected chi connectivity index (χ3v) is 5.02. The fourth-order valence-electron chi connectivity index (χ4n) is 3.36. The van der Waals surface area contributed by atoms with Gasteiger partial charge in [0.1, 0.15) is 6.34 Å². The van der Waals surface area contributed by atoms with Crippen molar-refractivity contribution in [3.63, 3.8) is 0 Å². The van der Waals surface area contributed by atoms with Crippen LogP contribution in [-0.2, 0) is 6.42 Å². The molecule has 1 amide bonds. The number of hydrogen-bond acceptors (Lipinski definition) is 3. The van der Waals surface area contributed by atoms with Crippen LogP contribution in [0.5, 0.6) is 0 Å². The minimum atomic E-state index is -0.284. The molecule has 2 N–H and O–H groups in total. The highest BCUT2D eigenvalue weighted by molar-refractivity contribution is 6.01. The van der Waals surface area contributed by atoms with Crippen molar-refractivity contribution < 1.29 is 4.79 Å². The molecule has 0 saturated heterocycles. The van der Waals surface area contributed by atoms with Gasteiger partial charge in [-0.2, -0.15) is 4.99 Å². The maximum Gasteiger partial charge on any atom is 0.278 e. The van der Waals surface area contributed by atoms with Crippen molar-refractivity contribution in [1.29, 1.82) is 0 Å². The maximum absolute atomic E-state index is 12.6. The van der Waals surface area contributed by atoms with Crippen LogP contribution in [0.1, 0.15) is 21.6 Å². The van der Waals surface area contributed by atoms with E-state index in [-0.39, 0.29) is 5.91 Å². The Morgan fingerprint density at radius 3 is 2.62 bits per heavy atom. The Balaban J connectivity index is 1.56. The number of carbonyl (C=O) groups excluding carboxylic acids is 1. The molecule has 0 unspecified atom stereocenters. The van der Waals surface area contributed by atoms with Crippen molar-refractivity contribution in [2.45, 2.75) is 13.3 Å². The molecule has 0 fully saturated rings. The van der Waals surface area contributed by atoms with E-state index < -0.39 is 0 Å². The smallest absolute Gasteiger partial charge is 0.278 e. The standard InChI is InChI=1S/C26H25N5O/c1-20-7-5-11-23(15-20)26(32)29-19-31(30-14-13-24-17-27-18-28-24)25-12-6-10-22(16-25)21-8-3-2-4-9-21/h2-12,15-19,30H,13-14H2,1H3,(H,27,28). The number of aliphatic imine (C=N–C) groups is 1. The number of H-pyrrole nitrogens is 1. The average molecular weight is 424 g/mol. The van der Waals surface area contributed by atoms with Crippen molar-refractivity contribution >= 4 is 17.9 Å². The Morgan fingerprint density at radius 1 is 1.03 bits per heavy atom. The van der Waals surface area contributed by atoms with Gasteiger partial charge in [0, 0.05) is 30.4 Å². The van der Waals surface area contributed by atoms with E-state index in [9.17, 15) is 4.79 Å². The summed E-state index contributed by atoms with van der Waals surface area (Å²) in [7, 11) is 0. The second kappa shape index (κ2) is 10.3. The van der Waals surface area contributed by atoms with Gasteiger partial charge in [-0.3, -0.25) is 9.80 Å². The molecule has 0 bridgehead atoms. The van der Waals surface area contributed by atoms with Crippen molar-refractivity contribution in [2.24, 2.45) is 4.99 Å². The van der Waals surface area contributed by atoms with E-state index in [1.54, 1.807) is 29.9 Å². The van der Waals surface area contributed by atoms with Crippen LogP contribution in [0.4, 0.5) is 5.69 Å². The van der Waals surface area contributed by atoms with Gasteiger partial charge in [-0.05, 0) is 42.3 Å². The second-order valence-corrected chi connectivity index (χ2v) is 7.44. The van der Waals surface area contributed by atoms with E-state index in [1.807, 2.05) is 55.5 Å². The average Bonchev–Trinajstić information content (AvgIpc) is 3.35. The third-order valence-electron chi connectivity index (χ3n) is 5.02. The van der Waals surface area contributed by atoms with E-state index in [0.717, 1.165) is 34.5 Å². The number of aromatic nitrogens is 2. The number of nitrogens with one attached hydrogen (secondary N) is 2. The van der Waals surface area contributed by atoms with Gasteiger partial charge in [0.15, 0.2) is 0 Å². The number of imidazole rings is 1. The predicted molar refractivity (Wildman–Crippen MR) is 129 cm³/mol. The summed E-state index contributed by atoms with van der Waals surface area (Å²) in [5, 5.41) is 1.79. The lowest BCUT2D eigenvalue weighted by Gasteiger charge is -2.21. The summed E-state index contributed by atoms with van der Waals surface area (Å²) in [5.74, 6) is -0.284. The Hall–Kier alpha value is -4.03. The monoisotopic (exact) mass is 423 g/mol. The van der Waals surface area contributed by atoms with Gasteiger partial charge in [0.05, 0.1) is 12.0 Å². The molecule has 4 aromatic rings. The van der Waals surface area contributed by atoms with Gasteiger partial charge < -0.3 is 4.98 Å². The van der Waals surface area contributed by atoms with Crippen molar-refractivity contribution in [2.75, 3.05) is 11.6 Å². The summed E-state index contributed by atoms with van der Waals surface area (Å²) < 4.78 is 0. The molecule has 160 valence electrons. The molecule has 0 aliphatic carbocycles. The molecule has 4 rings (SSSR count). The second-order valence-electron chi connectivity index (χ2n) is 7.44. The Labute approximate surface area is 187 Å². The van der Waals surface area contributed by atoms with Gasteiger partial charge in [0.2, 0.25) is 0 Å². The van der Waals surface area contributed by atoms with Crippen molar-refractivity contribution in [1.82, 2.24) is 15.4 Å². The number of aromatic amines is 1. The van der Waals surface area contributed by atoms with E-state index in [2.05, 4.69) is 44.7 Å². The first-order chi connectivity index (χ1) is 15.7. The van der Waals surface area contributed by atoms with E-state index in [1.165, 1.54) is 0 Å². The van der Waals surface area contributed by atoms with Gasteiger partial charge in [-0.25, -0.2) is 10.4 Å². The molecular formula is C26H25N5O. The fourth-order valence-corrected chi connectivity index (χ4v) is 3.36. The van der Waals surface area contributed by atoms with Gasteiger partial charge in [0.25, 0.3) is 5.91 Å². The molecule has 1 aromatic heterocycles. The number of nitrogens with zero attached hydrogens (tertiary/aromatic N) is 3. The Morgan fingerprint density at radius 2 is 1.84 bits per heavy atom. The first-order valence-electron chi connectivity index (χ1n) is 10.5. The van der Waals surface area contributed by atoms with Crippen molar-refractivity contribution in [3.8, 4) is 11.1 Å². The molecular weight excluding hydrogens is 398 g/mol. The predicted octanol–water partition coefficient (Wildman–Crippen LogP) is 4.81. The minimum absolute atomic E-state index is 0.284. The quantitative estimate of drug-likeness (QED) is 0.242. The number of amides is 1. The Kier molecular flexibility index (Phi) is 6.84. The largest absolute Gasteiger partial charge is 0.348 e. The van der Waals surface area contributed by atoms with Crippen LogP contribution >= 0.6 is 0 Å². The lowest BCUT2D eigenvalue weighted by molar-refractivity contribution is 0.100. The molecule has 6 nitrogen and oxygen atoms in total. The van der Waals surface area contributed by atoms with Gasteiger partial charge in [-0.1, -0.05) is 60.2 Å². The SMILES string of the molecule is Cc1cccc(C(=O)N=CN(NCCc2cnc[nH]2)c2cccc(-c3ccccc3)c2)c1. The highest BCUT2D eigenvalue weighted by Crippen LogP contribution is 2.23. The summed E-state index contributed by atoms with van der Waals surface area (Å²) in [6, 6.07) is 25.7. The van der Waals surface area contributed by atoms with E-state index in [4.69, 9.17) is 0 Å². The number of benzene rings is 3. The molecule has 0 spiro atoms. The van der Waals surface area contributed by atoms with Gasteiger partial charge >= 0.3 is 0 Å². The van der Waals surface area contributed by atoms with Crippen LogP contribution in [0.2, 0.25) is 0 Å². The van der Waals surface area contributed by atoms with Crippen LogP contribution in [0, 0.1) is 6.92 Å². The lowest BCUT2D eigenvalue weighted by atomic mass is 10.1.